The standard InChI is InChI=1S/C8H5ClN4O2/c9-6-2-1-5(8(14)15)7(12-6)13-10-3-4-11-13/h1-4H,(H,14,15). The van der Waals surface area contributed by atoms with Gasteiger partial charge in [-0.25, -0.2) is 9.78 Å². The van der Waals surface area contributed by atoms with E-state index >= 15 is 0 Å². The zero-order valence-corrected chi connectivity index (χ0v) is 8.09. The number of hydrogen-bond donors (Lipinski definition) is 1. The Kier molecular flexibility index (Phi) is 2.34. The van der Waals surface area contributed by atoms with Crippen molar-refractivity contribution in [3.8, 4) is 5.82 Å². The average Bonchev–Trinajstić information content (AvgIpc) is 2.69. The Labute approximate surface area is 89.1 Å². The molecule has 0 spiro atoms. The molecule has 1 N–H and O–H groups in total. The van der Waals surface area contributed by atoms with Crippen molar-refractivity contribution in [1.82, 2.24) is 20.0 Å². The van der Waals surface area contributed by atoms with Crippen molar-refractivity contribution in [3.05, 3.63) is 35.2 Å². The van der Waals surface area contributed by atoms with E-state index < -0.39 is 5.97 Å². The van der Waals surface area contributed by atoms with Crippen LogP contribution in [0.25, 0.3) is 5.82 Å². The largest absolute Gasteiger partial charge is 0.478 e. The van der Waals surface area contributed by atoms with E-state index in [1.807, 2.05) is 0 Å². The molecule has 76 valence electrons. The normalized spacial score (nSPS) is 10.2. The summed E-state index contributed by atoms with van der Waals surface area (Å²) in [5.41, 5.74) is -0.00407. The van der Waals surface area contributed by atoms with Crippen LogP contribution in [0.1, 0.15) is 10.4 Å². The van der Waals surface area contributed by atoms with Crippen molar-refractivity contribution >= 4 is 17.6 Å². The summed E-state index contributed by atoms with van der Waals surface area (Å²) < 4.78 is 0. The van der Waals surface area contributed by atoms with Gasteiger partial charge in [0, 0.05) is 0 Å². The van der Waals surface area contributed by atoms with Crippen LogP contribution in [0, 0.1) is 0 Å². The second kappa shape index (κ2) is 3.66. The van der Waals surface area contributed by atoms with Gasteiger partial charge < -0.3 is 5.11 Å². The van der Waals surface area contributed by atoms with Crippen molar-refractivity contribution < 1.29 is 9.90 Å². The maximum atomic E-state index is 10.9. The van der Waals surface area contributed by atoms with Crippen LogP contribution in [-0.4, -0.2) is 31.1 Å². The number of carbonyl (C=O) groups is 1. The van der Waals surface area contributed by atoms with E-state index in [1.165, 1.54) is 24.5 Å². The third-order valence-electron chi connectivity index (χ3n) is 1.68. The molecule has 0 atom stereocenters. The fourth-order valence-electron chi connectivity index (χ4n) is 1.07. The molecule has 2 rings (SSSR count). The summed E-state index contributed by atoms with van der Waals surface area (Å²) in [4.78, 5) is 15.8. The van der Waals surface area contributed by atoms with E-state index in [4.69, 9.17) is 16.7 Å². The molecule has 0 aliphatic heterocycles. The second-order valence-electron chi connectivity index (χ2n) is 2.63. The van der Waals surface area contributed by atoms with Gasteiger partial charge in [-0.3, -0.25) is 0 Å². The minimum Gasteiger partial charge on any atom is -0.478 e. The minimum absolute atomic E-state index is 0.00407. The molecular formula is C8H5ClN4O2. The summed E-state index contributed by atoms with van der Waals surface area (Å²) in [6.07, 6.45) is 2.85. The average molecular weight is 225 g/mol. The quantitative estimate of drug-likeness (QED) is 0.770. The van der Waals surface area contributed by atoms with Gasteiger partial charge in [0.25, 0.3) is 0 Å². The van der Waals surface area contributed by atoms with Gasteiger partial charge in [-0.15, -0.1) is 4.80 Å². The number of aromatic carboxylic acids is 1. The Balaban J connectivity index is 2.63. The lowest BCUT2D eigenvalue weighted by Gasteiger charge is -2.03. The predicted octanol–water partition coefficient (Wildman–Crippen LogP) is 1.01. The zero-order valence-electron chi connectivity index (χ0n) is 7.33. The fraction of sp³-hybridized carbons (Fsp3) is 0. The predicted molar refractivity (Wildman–Crippen MR) is 51.1 cm³/mol. The van der Waals surface area contributed by atoms with Crippen molar-refractivity contribution in [2.45, 2.75) is 0 Å². The number of rotatable bonds is 2. The highest BCUT2D eigenvalue weighted by Crippen LogP contribution is 2.14. The van der Waals surface area contributed by atoms with Gasteiger partial charge in [-0.1, -0.05) is 11.6 Å². The van der Waals surface area contributed by atoms with Gasteiger partial charge >= 0.3 is 5.97 Å². The Morgan fingerprint density at radius 1 is 1.33 bits per heavy atom. The molecule has 0 fully saturated rings. The van der Waals surface area contributed by atoms with Crippen LogP contribution in [0.2, 0.25) is 5.15 Å². The monoisotopic (exact) mass is 224 g/mol. The van der Waals surface area contributed by atoms with E-state index in [9.17, 15) is 4.79 Å². The van der Waals surface area contributed by atoms with Gasteiger partial charge in [0.05, 0.1) is 12.4 Å². The van der Waals surface area contributed by atoms with E-state index in [0.717, 1.165) is 4.80 Å². The van der Waals surface area contributed by atoms with Crippen molar-refractivity contribution in [2.24, 2.45) is 0 Å². The number of aromatic nitrogens is 4. The smallest absolute Gasteiger partial charge is 0.339 e. The van der Waals surface area contributed by atoms with Gasteiger partial charge in [-0.05, 0) is 12.1 Å². The Morgan fingerprint density at radius 2 is 2.00 bits per heavy atom. The van der Waals surface area contributed by atoms with Gasteiger partial charge in [0.1, 0.15) is 10.7 Å². The van der Waals surface area contributed by atoms with Crippen molar-refractivity contribution in [3.63, 3.8) is 0 Å². The van der Waals surface area contributed by atoms with E-state index in [2.05, 4.69) is 15.2 Å². The first-order valence-electron chi connectivity index (χ1n) is 3.95. The molecule has 15 heavy (non-hydrogen) atoms. The number of carboxylic acid groups (broad SMARTS) is 1. The van der Waals surface area contributed by atoms with Crippen molar-refractivity contribution in [2.75, 3.05) is 0 Å². The van der Waals surface area contributed by atoms with Crippen LogP contribution in [0.15, 0.2) is 24.5 Å². The molecule has 0 unspecified atom stereocenters. The van der Waals surface area contributed by atoms with Crippen LogP contribution in [0.4, 0.5) is 0 Å². The van der Waals surface area contributed by atoms with E-state index in [1.54, 1.807) is 0 Å². The van der Waals surface area contributed by atoms with Crippen LogP contribution in [0.5, 0.6) is 0 Å². The van der Waals surface area contributed by atoms with Crippen molar-refractivity contribution in [1.29, 1.82) is 0 Å². The van der Waals surface area contributed by atoms with E-state index in [-0.39, 0.29) is 16.5 Å². The number of carboxylic acids is 1. The molecule has 0 saturated heterocycles. The first kappa shape index (κ1) is 9.60. The molecule has 0 aromatic carbocycles. The zero-order chi connectivity index (χ0) is 10.8. The first-order valence-corrected chi connectivity index (χ1v) is 4.33. The van der Waals surface area contributed by atoms with Crippen LogP contribution >= 0.6 is 11.6 Å². The molecule has 2 aromatic rings. The number of halogens is 1. The lowest BCUT2D eigenvalue weighted by Crippen LogP contribution is -2.10. The topological polar surface area (TPSA) is 80.9 Å². The maximum Gasteiger partial charge on any atom is 0.339 e. The van der Waals surface area contributed by atoms with Gasteiger partial charge in [-0.2, -0.15) is 10.2 Å². The Hall–Kier alpha value is -1.95. The highest BCUT2D eigenvalue weighted by Gasteiger charge is 2.14. The van der Waals surface area contributed by atoms with Crippen LogP contribution in [-0.2, 0) is 0 Å². The summed E-state index contributed by atoms with van der Waals surface area (Å²) in [7, 11) is 0. The molecule has 0 aliphatic carbocycles. The molecule has 0 saturated carbocycles. The first-order chi connectivity index (χ1) is 7.18. The Morgan fingerprint density at radius 3 is 2.60 bits per heavy atom. The minimum atomic E-state index is -1.11. The third kappa shape index (κ3) is 1.79. The molecule has 2 aromatic heterocycles. The maximum absolute atomic E-state index is 10.9. The van der Waals surface area contributed by atoms with Gasteiger partial charge in [0.2, 0.25) is 0 Å². The summed E-state index contributed by atoms with van der Waals surface area (Å²) >= 11 is 5.67. The Bertz CT molecular complexity index is 497. The fourth-order valence-corrected chi connectivity index (χ4v) is 1.21. The highest BCUT2D eigenvalue weighted by molar-refractivity contribution is 6.29. The highest BCUT2D eigenvalue weighted by atomic mass is 35.5. The molecule has 7 heteroatoms. The third-order valence-corrected chi connectivity index (χ3v) is 1.89. The molecule has 0 aliphatic rings. The molecule has 6 nitrogen and oxygen atoms in total. The summed E-state index contributed by atoms with van der Waals surface area (Å²) in [6, 6.07) is 2.76. The number of nitrogens with zero attached hydrogens (tertiary/aromatic N) is 4. The molecule has 2 heterocycles. The number of pyridine rings is 1. The van der Waals surface area contributed by atoms with E-state index in [0.29, 0.717) is 0 Å². The molecule has 0 radical (unpaired) electrons. The SMILES string of the molecule is O=C(O)c1ccc(Cl)nc1-n1nccn1. The summed E-state index contributed by atoms with van der Waals surface area (Å²) in [6.45, 7) is 0. The van der Waals surface area contributed by atoms with Gasteiger partial charge in [0.15, 0.2) is 5.82 Å². The van der Waals surface area contributed by atoms with Crippen LogP contribution in [0.3, 0.4) is 0 Å². The summed E-state index contributed by atoms with van der Waals surface area (Å²) in [5, 5.41) is 16.7. The molecule has 0 amide bonds. The lowest BCUT2D eigenvalue weighted by molar-refractivity contribution is 0.0696. The lowest BCUT2D eigenvalue weighted by atomic mass is 10.2. The summed E-state index contributed by atoms with van der Waals surface area (Å²) in [5.74, 6) is -1.01. The van der Waals surface area contributed by atoms with Crippen LogP contribution < -0.4 is 0 Å². The second-order valence-corrected chi connectivity index (χ2v) is 3.02. The molecular weight excluding hydrogens is 220 g/mol. The number of hydrogen-bond acceptors (Lipinski definition) is 4. The molecule has 0 bridgehead atoms.